The van der Waals surface area contributed by atoms with Crippen LogP contribution in [-0.4, -0.2) is 40.7 Å². The minimum absolute atomic E-state index is 0.0878. The van der Waals surface area contributed by atoms with Gasteiger partial charge in [-0.25, -0.2) is 9.59 Å². The molecule has 5 nitrogen and oxygen atoms in total. The fourth-order valence-corrected chi connectivity index (χ4v) is 1.84. The second-order valence-corrected chi connectivity index (χ2v) is 6.88. The number of carbonyl (C=O) groups excluding carboxylic acids is 1. The Morgan fingerprint density at radius 3 is 2.43 bits per heavy atom. The van der Waals surface area contributed by atoms with Crippen LogP contribution in [0.2, 0.25) is 0 Å². The number of hydrogen-bond donors (Lipinski definition) is 3. The van der Waals surface area contributed by atoms with Crippen LogP contribution in [0.15, 0.2) is 30.3 Å². The smallest absolute Gasteiger partial charge is 0.326 e. The van der Waals surface area contributed by atoms with Crippen molar-refractivity contribution in [3.05, 3.63) is 35.9 Å². The maximum atomic E-state index is 11.8. The lowest BCUT2D eigenvalue weighted by atomic mass is 10.1. The third kappa shape index (κ3) is 6.53. The van der Waals surface area contributed by atoms with E-state index in [1.165, 1.54) is 0 Å². The lowest BCUT2D eigenvalue weighted by Crippen LogP contribution is -2.49. The molecule has 0 aromatic heterocycles. The first kappa shape index (κ1) is 17.4. The fourth-order valence-electron chi connectivity index (χ4n) is 1.62. The molecule has 2 amide bonds. The Bertz CT molecular complexity index is 477. The van der Waals surface area contributed by atoms with E-state index in [1.807, 2.05) is 50.4 Å². The first-order valence-corrected chi connectivity index (χ1v) is 7.93. The number of carboxylic acids is 1. The van der Waals surface area contributed by atoms with E-state index in [2.05, 4.69) is 10.6 Å². The van der Waals surface area contributed by atoms with Crippen molar-refractivity contribution in [3.63, 3.8) is 0 Å². The second kappa shape index (κ2) is 7.93. The predicted octanol–water partition coefficient (Wildman–Crippen LogP) is 2.12. The number of nitrogens with one attached hydrogen (secondary N) is 2. The average molecular weight is 310 g/mol. The molecule has 1 aromatic rings. The molecular formula is C15H22N2O3S. The molecule has 6 heteroatoms. The molecule has 0 fully saturated rings. The van der Waals surface area contributed by atoms with E-state index >= 15 is 0 Å². The van der Waals surface area contributed by atoms with Crippen molar-refractivity contribution in [1.29, 1.82) is 0 Å². The summed E-state index contributed by atoms with van der Waals surface area (Å²) in [6.07, 6.45) is 2.23. The van der Waals surface area contributed by atoms with Gasteiger partial charge < -0.3 is 15.7 Å². The van der Waals surface area contributed by atoms with Crippen molar-refractivity contribution in [2.75, 3.05) is 12.8 Å². The van der Waals surface area contributed by atoms with Crippen LogP contribution in [0.3, 0.4) is 0 Å². The highest BCUT2D eigenvalue weighted by molar-refractivity contribution is 7.99. The molecular weight excluding hydrogens is 288 g/mol. The highest BCUT2D eigenvalue weighted by Crippen LogP contribution is 2.19. The number of hydrogen-bond acceptors (Lipinski definition) is 3. The maximum absolute atomic E-state index is 11.8. The van der Waals surface area contributed by atoms with E-state index in [-0.39, 0.29) is 11.2 Å². The molecule has 0 aliphatic carbocycles. The molecule has 0 radical (unpaired) electrons. The van der Waals surface area contributed by atoms with Gasteiger partial charge in [0.05, 0.1) is 0 Å². The van der Waals surface area contributed by atoms with Crippen molar-refractivity contribution in [1.82, 2.24) is 10.6 Å². The van der Waals surface area contributed by atoms with Crippen LogP contribution in [0.25, 0.3) is 0 Å². The van der Waals surface area contributed by atoms with Crippen LogP contribution in [-0.2, 0) is 11.2 Å². The molecule has 21 heavy (non-hydrogen) atoms. The first-order valence-electron chi connectivity index (χ1n) is 6.70. The third-order valence-electron chi connectivity index (χ3n) is 3.11. The van der Waals surface area contributed by atoms with E-state index in [1.54, 1.807) is 11.8 Å². The van der Waals surface area contributed by atoms with E-state index < -0.39 is 18.0 Å². The summed E-state index contributed by atoms with van der Waals surface area (Å²) in [5.41, 5.74) is 0.870. The molecule has 3 N–H and O–H groups in total. The van der Waals surface area contributed by atoms with Gasteiger partial charge >= 0.3 is 12.0 Å². The molecule has 0 aliphatic rings. The lowest BCUT2D eigenvalue weighted by Gasteiger charge is -2.23. The third-order valence-corrected chi connectivity index (χ3v) is 4.36. The zero-order valence-electron chi connectivity index (χ0n) is 12.6. The predicted molar refractivity (Wildman–Crippen MR) is 85.7 cm³/mol. The van der Waals surface area contributed by atoms with E-state index in [9.17, 15) is 14.7 Å². The van der Waals surface area contributed by atoms with Gasteiger partial charge in [-0.15, -0.1) is 0 Å². The molecule has 1 aromatic carbocycles. The van der Waals surface area contributed by atoms with Gasteiger partial charge in [0.1, 0.15) is 6.04 Å². The summed E-state index contributed by atoms with van der Waals surface area (Å²) in [6.45, 7) is 4.49. The standard InChI is InChI=1S/C15H22N2O3S/c1-15(2,21-3)10-16-14(20)17-12(13(18)19)9-11-7-5-4-6-8-11/h4-8,12H,9-10H2,1-3H3,(H,18,19)(H2,16,17,20)/t12-/m1/s1. The molecule has 0 bridgehead atoms. The molecule has 116 valence electrons. The van der Waals surface area contributed by atoms with Crippen LogP contribution in [0, 0.1) is 0 Å². The van der Waals surface area contributed by atoms with Gasteiger partial charge in [-0.05, 0) is 25.7 Å². The van der Waals surface area contributed by atoms with Crippen molar-refractivity contribution in [3.8, 4) is 0 Å². The maximum Gasteiger partial charge on any atom is 0.326 e. The summed E-state index contributed by atoms with van der Waals surface area (Å²) in [4.78, 5) is 23.1. The summed E-state index contributed by atoms with van der Waals surface area (Å²) in [7, 11) is 0. The van der Waals surface area contributed by atoms with Crippen LogP contribution in [0.1, 0.15) is 19.4 Å². The monoisotopic (exact) mass is 310 g/mol. The largest absolute Gasteiger partial charge is 0.480 e. The summed E-state index contributed by atoms with van der Waals surface area (Å²) in [5.74, 6) is -1.04. The van der Waals surface area contributed by atoms with Crippen LogP contribution in [0.5, 0.6) is 0 Å². The summed E-state index contributed by atoms with van der Waals surface area (Å²) >= 11 is 1.64. The van der Waals surface area contributed by atoms with Crippen LogP contribution < -0.4 is 10.6 Å². The average Bonchev–Trinajstić information content (AvgIpc) is 2.45. The van der Waals surface area contributed by atoms with Gasteiger partial charge in [-0.3, -0.25) is 0 Å². The van der Waals surface area contributed by atoms with Gasteiger partial charge in [-0.1, -0.05) is 30.3 Å². The Morgan fingerprint density at radius 2 is 1.90 bits per heavy atom. The molecule has 1 rings (SSSR count). The molecule has 0 heterocycles. The van der Waals surface area contributed by atoms with Crippen LogP contribution in [0.4, 0.5) is 4.79 Å². The van der Waals surface area contributed by atoms with Crippen molar-refractivity contribution in [2.24, 2.45) is 0 Å². The number of carboxylic acid groups (broad SMARTS) is 1. The molecule has 1 atom stereocenters. The minimum Gasteiger partial charge on any atom is -0.480 e. The van der Waals surface area contributed by atoms with Crippen molar-refractivity contribution in [2.45, 2.75) is 31.1 Å². The minimum atomic E-state index is -1.04. The Kier molecular flexibility index (Phi) is 6.55. The van der Waals surface area contributed by atoms with Gasteiger partial charge in [0.2, 0.25) is 0 Å². The van der Waals surface area contributed by atoms with Crippen molar-refractivity contribution < 1.29 is 14.7 Å². The molecule has 0 saturated carbocycles. The Labute approximate surface area is 129 Å². The van der Waals surface area contributed by atoms with E-state index in [0.29, 0.717) is 6.54 Å². The lowest BCUT2D eigenvalue weighted by molar-refractivity contribution is -0.139. The number of urea groups is 1. The second-order valence-electron chi connectivity index (χ2n) is 5.37. The highest BCUT2D eigenvalue weighted by Gasteiger charge is 2.22. The van der Waals surface area contributed by atoms with E-state index in [4.69, 9.17) is 0 Å². The Balaban J connectivity index is 2.55. The number of thioether (sulfide) groups is 1. The number of benzene rings is 1. The van der Waals surface area contributed by atoms with Gasteiger partial charge in [0.15, 0.2) is 0 Å². The molecule has 0 aliphatic heterocycles. The summed E-state index contributed by atoms with van der Waals surface area (Å²) in [5, 5.41) is 14.4. The number of amides is 2. The first-order chi connectivity index (χ1) is 9.84. The highest BCUT2D eigenvalue weighted by atomic mass is 32.2. The quantitative estimate of drug-likeness (QED) is 0.721. The normalized spacial score (nSPS) is 12.5. The number of aliphatic carboxylic acids is 1. The Hall–Kier alpha value is -1.69. The topological polar surface area (TPSA) is 78.4 Å². The summed E-state index contributed by atoms with van der Waals surface area (Å²) in [6, 6.07) is 7.83. The summed E-state index contributed by atoms with van der Waals surface area (Å²) < 4.78 is -0.0878. The number of rotatable bonds is 7. The van der Waals surface area contributed by atoms with Crippen LogP contribution >= 0.6 is 11.8 Å². The van der Waals surface area contributed by atoms with Gasteiger partial charge in [0.25, 0.3) is 0 Å². The van der Waals surface area contributed by atoms with Crippen molar-refractivity contribution >= 4 is 23.8 Å². The molecule has 0 spiro atoms. The fraction of sp³-hybridized carbons (Fsp3) is 0.467. The Morgan fingerprint density at radius 1 is 1.29 bits per heavy atom. The molecule has 0 saturated heterocycles. The van der Waals surface area contributed by atoms with E-state index in [0.717, 1.165) is 5.56 Å². The van der Waals surface area contributed by atoms with Gasteiger partial charge in [0, 0.05) is 17.7 Å². The van der Waals surface area contributed by atoms with Gasteiger partial charge in [-0.2, -0.15) is 11.8 Å². The SMILES string of the molecule is CSC(C)(C)CNC(=O)N[C@H](Cc1ccccc1)C(=O)O. The zero-order valence-corrected chi connectivity index (χ0v) is 13.4. The number of carbonyl (C=O) groups is 2. The zero-order chi connectivity index (χ0) is 15.9. The molecule has 0 unspecified atom stereocenters.